The Kier molecular flexibility index (Phi) is 4.84. The molecule has 1 aliphatic heterocycles. The van der Waals surface area contributed by atoms with Crippen LogP contribution >= 0.6 is 0 Å². The number of nitrogens with zero attached hydrogens (tertiary/aromatic N) is 1. The van der Waals surface area contributed by atoms with Gasteiger partial charge < -0.3 is 15.5 Å². The topological polar surface area (TPSA) is 61.4 Å². The van der Waals surface area contributed by atoms with Crippen molar-refractivity contribution >= 4 is 17.6 Å². The van der Waals surface area contributed by atoms with Gasteiger partial charge in [-0.15, -0.1) is 0 Å². The molecule has 2 fully saturated rings. The number of hydrogen-bond acceptors (Lipinski definition) is 2. The standard InChI is InChI=1S/C18H25N3O2/c1-13-8-10-15(11-9-13)20-18(23)21-12-4-7-16(21)17(22)19-14-5-2-3-6-14/h8-11,14,16H,2-7,12H2,1H3,(H,19,22)(H,20,23)/t16-/m1/s1. The van der Waals surface area contributed by atoms with Gasteiger partial charge in [-0.2, -0.15) is 0 Å². The van der Waals surface area contributed by atoms with Crippen molar-refractivity contribution in [1.82, 2.24) is 10.2 Å². The molecule has 2 N–H and O–H groups in total. The summed E-state index contributed by atoms with van der Waals surface area (Å²) >= 11 is 0. The molecular formula is C18H25N3O2. The Balaban J connectivity index is 1.59. The van der Waals surface area contributed by atoms with Crippen LogP contribution in [0.3, 0.4) is 0 Å². The Bertz CT molecular complexity index is 564. The van der Waals surface area contributed by atoms with Gasteiger partial charge in [0.1, 0.15) is 6.04 Å². The minimum Gasteiger partial charge on any atom is -0.352 e. The lowest BCUT2D eigenvalue weighted by Gasteiger charge is -2.25. The predicted molar refractivity (Wildman–Crippen MR) is 90.3 cm³/mol. The molecule has 1 heterocycles. The molecule has 5 nitrogen and oxygen atoms in total. The summed E-state index contributed by atoms with van der Waals surface area (Å²) in [5, 5.41) is 6.01. The number of rotatable bonds is 3. The van der Waals surface area contributed by atoms with Gasteiger partial charge in [0.15, 0.2) is 0 Å². The van der Waals surface area contributed by atoms with Crippen LogP contribution in [0.1, 0.15) is 44.1 Å². The quantitative estimate of drug-likeness (QED) is 0.900. The number of nitrogens with one attached hydrogen (secondary N) is 2. The van der Waals surface area contributed by atoms with E-state index in [1.165, 1.54) is 12.8 Å². The highest BCUT2D eigenvalue weighted by Gasteiger charge is 2.35. The van der Waals surface area contributed by atoms with Gasteiger partial charge in [0, 0.05) is 18.3 Å². The molecular weight excluding hydrogens is 290 g/mol. The first-order valence-electron chi connectivity index (χ1n) is 8.58. The van der Waals surface area contributed by atoms with E-state index >= 15 is 0 Å². The Hall–Kier alpha value is -2.04. The number of urea groups is 1. The van der Waals surface area contributed by atoms with E-state index in [0.717, 1.165) is 36.9 Å². The van der Waals surface area contributed by atoms with Gasteiger partial charge in [0.2, 0.25) is 5.91 Å². The molecule has 23 heavy (non-hydrogen) atoms. The van der Waals surface area contributed by atoms with E-state index in [2.05, 4.69) is 10.6 Å². The third-order valence-electron chi connectivity index (χ3n) is 4.82. The number of anilines is 1. The number of aryl methyl sites for hydroxylation is 1. The van der Waals surface area contributed by atoms with Crippen LogP contribution in [-0.2, 0) is 4.79 Å². The Labute approximate surface area is 137 Å². The van der Waals surface area contributed by atoms with Crippen molar-refractivity contribution in [1.29, 1.82) is 0 Å². The molecule has 1 saturated carbocycles. The fourth-order valence-electron chi connectivity index (χ4n) is 3.48. The summed E-state index contributed by atoms with van der Waals surface area (Å²) in [7, 11) is 0. The van der Waals surface area contributed by atoms with Gasteiger partial charge in [-0.25, -0.2) is 4.79 Å². The second kappa shape index (κ2) is 7.02. The molecule has 5 heteroatoms. The molecule has 0 aromatic heterocycles. The number of hydrogen-bond donors (Lipinski definition) is 2. The minimum absolute atomic E-state index is 0.00783. The molecule has 0 unspecified atom stereocenters. The number of carbonyl (C=O) groups excluding carboxylic acids is 2. The molecule has 1 aliphatic carbocycles. The lowest BCUT2D eigenvalue weighted by Crippen LogP contribution is -2.49. The predicted octanol–water partition coefficient (Wildman–Crippen LogP) is 3.05. The fourth-order valence-corrected chi connectivity index (χ4v) is 3.48. The van der Waals surface area contributed by atoms with Gasteiger partial charge in [-0.1, -0.05) is 30.5 Å². The van der Waals surface area contributed by atoms with Crippen molar-refractivity contribution in [3.05, 3.63) is 29.8 Å². The van der Waals surface area contributed by atoms with Crippen LogP contribution in [0.4, 0.5) is 10.5 Å². The van der Waals surface area contributed by atoms with Crippen LogP contribution in [0, 0.1) is 6.92 Å². The average molecular weight is 315 g/mol. The van der Waals surface area contributed by atoms with E-state index in [0.29, 0.717) is 12.6 Å². The summed E-state index contributed by atoms with van der Waals surface area (Å²) in [4.78, 5) is 26.6. The van der Waals surface area contributed by atoms with Crippen molar-refractivity contribution in [2.45, 2.75) is 57.5 Å². The first-order chi connectivity index (χ1) is 11.1. The molecule has 0 bridgehead atoms. The Morgan fingerprint density at radius 1 is 1.04 bits per heavy atom. The van der Waals surface area contributed by atoms with Crippen LogP contribution in [0.2, 0.25) is 0 Å². The molecule has 1 aromatic rings. The molecule has 1 atom stereocenters. The molecule has 0 spiro atoms. The number of likely N-dealkylation sites (tertiary alicyclic amines) is 1. The first-order valence-corrected chi connectivity index (χ1v) is 8.58. The Morgan fingerprint density at radius 2 is 1.74 bits per heavy atom. The monoisotopic (exact) mass is 315 g/mol. The summed E-state index contributed by atoms with van der Waals surface area (Å²) in [5.74, 6) is 0.00783. The fraction of sp³-hybridized carbons (Fsp3) is 0.556. The zero-order chi connectivity index (χ0) is 16.2. The smallest absolute Gasteiger partial charge is 0.322 e. The van der Waals surface area contributed by atoms with Gasteiger partial charge >= 0.3 is 6.03 Å². The highest BCUT2D eigenvalue weighted by molar-refractivity contribution is 5.94. The van der Waals surface area contributed by atoms with E-state index in [1.807, 2.05) is 31.2 Å². The molecule has 3 rings (SSSR count). The summed E-state index contributed by atoms with van der Waals surface area (Å²) in [6.45, 7) is 2.65. The second-order valence-corrected chi connectivity index (χ2v) is 6.64. The zero-order valence-corrected chi connectivity index (χ0v) is 13.7. The first kappa shape index (κ1) is 15.8. The van der Waals surface area contributed by atoms with Crippen LogP contribution in [0.15, 0.2) is 24.3 Å². The Morgan fingerprint density at radius 3 is 2.43 bits per heavy atom. The van der Waals surface area contributed by atoms with Crippen molar-refractivity contribution in [2.75, 3.05) is 11.9 Å². The van der Waals surface area contributed by atoms with Crippen molar-refractivity contribution in [2.24, 2.45) is 0 Å². The van der Waals surface area contributed by atoms with E-state index in [1.54, 1.807) is 4.90 Å². The van der Waals surface area contributed by atoms with Crippen LogP contribution < -0.4 is 10.6 Å². The van der Waals surface area contributed by atoms with Crippen molar-refractivity contribution in [3.63, 3.8) is 0 Å². The van der Waals surface area contributed by atoms with Crippen molar-refractivity contribution in [3.8, 4) is 0 Å². The lowest BCUT2D eigenvalue weighted by molar-refractivity contribution is -0.125. The maximum atomic E-state index is 12.5. The van der Waals surface area contributed by atoms with E-state index in [-0.39, 0.29) is 18.0 Å². The van der Waals surface area contributed by atoms with Crippen LogP contribution in [0.5, 0.6) is 0 Å². The minimum atomic E-state index is -0.332. The average Bonchev–Trinajstić information content (AvgIpc) is 3.20. The molecule has 1 aromatic carbocycles. The maximum Gasteiger partial charge on any atom is 0.322 e. The van der Waals surface area contributed by atoms with Crippen LogP contribution in [0.25, 0.3) is 0 Å². The maximum absolute atomic E-state index is 12.5. The van der Waals surface area contributed by atoms with Gasteiger partial charge in [-0.3, -0.25) is 4.79 Å². The van der Waals surface area contributed by atoms with Crippen molar-refractivity contribution < 1.29 is 9.59 Å². The summed E-state index contributed by atoms with van der Waals surface area (Å²) in [5.41, 5.74) is 1.92. The van der Waals surface area contributed by atoms with Crippen LogP contribution in [-0.4, -0.2) is 35.5 Å². The number of carbonyl (C=O) groups is 2. The molecule has 3 amide bonds. The van der Waals surface area contributed by atoms with Gasteiger partial charge in [0.05, 0.1) is 0 Å². The molecule has 2 aliphatic rings. The zero-order valence-electron chi connectivity index (χ0n) is 13.7. The number of amides is 3. The molecule has 1 saturated heterocycles. The number of benzene rings is 1. The summed E-state index contributed by atoms with van der Waals surface area (Å²) in [6.07, 6.45) is 6.13. The van der Waals surface area contributed by atoms with E-state index < -0.39 is 0 Å². The largest absolute Gasteiger partial charge is 0.352 e. The normalized spacial score (nSPS) is 21.4. The van der Waals surface area contributed by atoms with E-state index in [4.69, 9.17) is 0 Å². The van der Waals surface area contributed by atoms with Gasteiger partial charge in [-0.05, 0) is 44.7 Å². The SMILES string of the molecule is Cc1ccc(NC(=O)N2CCC[C@@H]2C(=O)NC2CCCC2)cc1. The highest BCUT2D eigenvalue weighted by atomic mass is 16.2. The van der Waals surface area contributed by atoms with Gasteiger partial charge in [0.25, 0.3) is 0 Å². The summed E-state index contributed by atoms with van der Waals surface area (Å²) in [6, 6.07) is 7.48. The summed E-state index contributed by atoms with van der Waals surface area (Å²) < 4.78 is 0. The van der Waals surface area contributed by atoms with E-state index in [9.17, 15) is 9.59 Å². The highest BCUT2D eigenvalue weighted by Crippen LogP contribution is 2.22. The lowest BCUT2D eigenvalue weighted by atomic mass is 10.1. The third kappa shape index (κ3) is 3.84. The second-order valence-electron chi connectivity index (χ2n) is 6.64. The molecule has 0 radical (unpaired) electrons. The molecule has 124 valence electrons. The third-order valence-corrected chi connectivity index (χ3v) is 4.82.